The van der Waals surface area contributed by atoms with Crippen LogP contribution in [0.4, 0.5) is 0 Å². The monoisotopic (exact) mass is 348 g/mol. The smallest absolute Gasteiger partial charge is 0.252 e. The minimum Gasteiger partial charge on any atom is -0.382 e. The predicted octanol–water partition coefficient (Wildman–Crippen LogP) is 2.71. The van der Waals surface area contributed by atoms with E-state index in [-0.39, 0.29) is 11.5 Å². The molecule has 0 fully saturated rings. The molecule has 2 aromatic rings. The highest BCUT2D eigenvalue weighted by Crippen LogP contribution is 2.15. The molecule has 24 heavy (non-hydrogen) atoms. The molecule has 0 atom stereocenters. The van der Waals surface area contributed by atoms with Gasteiger partial charge in [0.2, 0.25) is 0 Å². The van der Waals surface area contributed by atoms with Gasteiger partial charge in [0.15, 0.2) is 0 Å². The lowest BCUT2D eigenvalue weighted by Gasteiger charge is -2.10. The molecule has 0 spiro atoms. The van der Waals surface area contributed by atoms with Gasteiger partial charge >= 0.3 is 0 Å². The zero-order chi connectivity index (χ0) is 17.4. The zero-order valence-electron chi connectivity index (χ0n) is 13.6. The molecule has 1 amide bonds. The van der Waals surface area contributed by atoms with E-state index in [2.05, 4.69) is 5.32 Å². The molecule has 0 radical (unpaired) electrons. The van der Waals surface area contributed by atoms with Gasteiger partial charge in [-0.05, 0) is 31.0 Å². The third kappa shape index (κ3) is 5.22. The fraction of sp³-hybridized carbons (Fsp3) is 0.333. The topological polar surface area (TPSA) is 60.3 Å². The average Bonchev–Trinajstić information content (AvgIpc) is 2.58. The molecule has 0 bridgehead atoms. The fourth-order valence-electron chi connectivity index (χ4n) is 2.22. The second kappa shape index (κ2) is 9.25. The third-order valence-electron chi connectivity index (χ3n) is 3.50. The van der Waals surface area contributed by atoms with Crippen LogP contribution in [0.3, 0.4) is 0 Å². The molecule has 0 aliphatic heterocycles. The number of amides is 1. The quantitative estimate of drug-likeness (QED) is 0.746. The minimum absolute atomic E-state index is 0.178. The van der Waals surface area contributed by atoms with Gasteiger partial charge in [-0.25, -0.2) is 0 Å². The van der Waals surface area contributed by atoms with E-state index in [9.17, 15) is 9.59 Å². The van der Waals surface area contributed by atoms with Gasteiger partial charge in [-0.15, -0.1) is 0 Å². The van der Waals surface area contributed by atoms with Gasteiger partial charge < -0.3 is 14.6 Å². The molecule has 1 aromatic carbocycles. The number of hydrogen-bond donors (Lipinski definition) is 1. The summed E-state index contributed by atoms with van der Waals surface area (Å²) >= 11 is 6.13. The minimum atomic E-state index is -0.209. The number of nitrogens with one attached hydrogen (secondary N) is 1. The first-order chi connectivity index (χ1) is 11.6. The van der Waals surface area contributed by atoms with Crippen LogP contribution in [0.2, 0.25) is 5.02 Å². The van der Waals surface area contributed by atoms with Crippen LogP contribution in [0.25, 0.3) is 0 Å². The molecule has 0 aliphatic rings. The van der Waals surface area contributed by atoms with Gasteiger partial charge in [0.25, 0.3) is 11.5 Å². The Morgan fingerprint density at radius 3 is 2.79 bits per heavy atom. The molecule has 1 heterocycles. The first-order valence-corrected chi connectivity index (χ1v) is 8.29. The summed E-state index contributed by atoms with van der Waals surface area (Å²) in [5, 5.41) is 3.41. The third-order valence-corrected chi connectivity index (χ3v) is 3.87. The van der Waals surface area contributed by atoms with E-state index in [1.54, 1.807) is 12.3 Å². The van der Waals surface area contributed by atoms with Crippen LogP contribution in [0.15, 0.2) is 47.4 Å². The van der Waals surface area contributed by atoms with Crippen molar-refractivity contribution >= 4 is 17.5 Å². The van der Waals surface area contributed by atoms with Crippen molar-refractivity contribution in [2.75, 3.05) is 19.8 Å². The van der Waals surface area contributed by atoms with Crippen molar-refractivity contribution in [3.05, 3.63) is 69.1 Å². The van der Waals surface area contributed by atoms with Gasteiger partial charge in [0.05, 0.1) is 12.1 Å². The Bertz CT molecular complexity index is 743. The predicted molar refractivity (Wildman–Crippen MR) is 94.7 cm³/mol. The average molecular weight is 349 g/mol. The maximum atomic E-state index is 12.2. The van der Waals surface area contributed by atoms with Crippen molar-refractivity contribution in [2.24, 2.45) is 0 Å². The summed E-state index contributed by atoms with van der Waals surface area (Å²) < 4.78 is 6.71. The molecule has 5 nitrogen and oxygen atoms in total. The molecular weight excluding hydrogens is 328 g/mol. The number of ether oxygens (including phenoxy) is 1. The summed E-state index contributed by atoms with van der Waals surface area (Å²) in [6, 6.07) is 10.3. The summed E-state index contributed by atoms with van der Waals surface area (Å²) in [4.78, 5) is 24.2. The molecular formula is C18H21ClN2O3. The summed E-state index contributed by atoms with van der Waals surface area (Å²) in [5.74, 6) is -0.209. The Morgan fingerprint density at radius 1 is 1.25 bits per heavy atom. The van der Waals surface area contributed by atoms with Crippen molar-refractivity contribution in [1.29, 1.82) is 0 Å². The highest BCUT2D eigenvalue weighted by molar-refractivity contribution is 6.31. The van der Waals surface area contributed by atoms with E-state index in [0.717, 1.165) is 12.0 Å². The molecule has 0 saturated heterocycles. The van der Waals surface area contributed by atoms with Crippen molar-refractivity contribution in [3.63, 3.8) is 0 Å². The highest BCUT2D eigenvalue weighted by Gasteiger charge is 2.08. The number of hydrogen-bond acceptors (Lipinski definition) is 3. The Morgan fingerprint density at radius 2 is 2.04 bits per heavy atom. The van der Waals surface area contributed by atoms with Gasteiger partial charge in [-0.3, -0.25) is 9.59 Å². The summed E-state index contributed by atoms with van der Waals surface area (Å²) in [6.45, 7) is 4.07. The maximum Gasteiger partial charge on any atom is 0.252 e. The maximum absolute atomic E-state index is 12.2. The van der Waals surface area contributed by atoms with Crippen molar-refractivity contribution < 1.29 is 9.53 Å². The number of carbonyl (C=O) groups is 1. The summed E-state index contributed by atoms with van der Waals surface area (Å²) in [6.07, 6.45) is 2.31. The van der Waals surface area contributed by atoms with Crippen LogP contribution in [0, 0.1) is 0 Å². The Labute approximate surface area is 146 Å². The molecule has 6 heteroatoms. The second-order valence-electron chi connectivity index (χ2n) is 5.28. The highest BCUT2D eigenvalue weighted by atomic mass is 35.5. The first-order valence-electron chi connectivity index (χ1n) is 7.91. The van der Waals surface area contributed by atoms with E-state index >= 15 is 0 Å². The van der Waals surface area contributed by atoms with Crippen LogP contribution in [0.5, 0.6) is 0 Å². The number of rotatable bonds is 8. The van der Waals surface area contributed by atoms with Crippen LogP contribution in [-0.4, -0.2) is 30.2 Å². The molecule has 2 rings (SSSR count). The van der Waals surface area contributed by atoms with Crippen LogP contribution in [0.1, 0.15) is 29.3 Å². The lowest BCUT2D eigenvalue weighted by Crippen LogP contribution is -2.28. The standard InChI is InChI=1S/C18H21ClN2O3/c1-2-24-11-5-10-20-18(23)15-8-9-17(22)21(13-15)12-14-6-3-4-7-16(14)19/h3-4,6-9,13H,2,5,10-12H2,1H3,(H,20,23). The fourth-order valence-corrected chi connectivity index (χ4v) is 2.42. The van der Waals surface area contributed by atoms with E-state index in [1.807, 2.05) is 25.1 Å². The van der Waals surface area contributed by atoms with Gasteiger partial charge in [0.1, 0.15) is 0 Å². The second-order valence-corrected chi connectivity index (χ2v) is 5.69. The Hall–Kier alpha value is -2.11. The lowest BCUT2D eigenvalue weighted by molar-refractivity contribution is 0.0943. The molecule has 0 saturated carbocycles. The molecule has 1 N–H and O–H groups in total. The number of pyridine rings is 1. The number of carbonyl (C=O) groups excluding carboxylic acids is 1. The Kier molecular flexibility index (Phi) is 7.03. The number of aromatic nitrogens is 1. The molecule has 1 aromatic heterocycles. The van der Waals surface area contributed by atoms with E-state index in [1.165, 1.54) is 16.7 Å². The van der Waals surface area contributed by atoms with Crippen molar-refractivity contribution in [3.8, 4) is 0 Å². The van der Waals surface area contributed by atoms with E-state index in [0.29, 0.717) is 36.9 Å². The van der Waals surface area contributed by atoms with Gasteiger partial charge in [-0.1, -0.05) is 29.8 Å². The summed E-state index contributed by atoms with van der Waals surface area (Å²) in [5.41, 5.74) is 1.09. The van der Waals surface area contributed by atoms with Crippen LogP contribution in [-0.2, 0) is 11.3 Å². The van der Waals surface area contributed by atoms with E-state index < -0.39 is 0 Å². The number of halogens is 1. The number of nitrogens with zero attached hydrogens (tertiary/aromatic N) is 1. The lowest BCUT2D eigenvalue weighted by atomic mass is 10.2. The Balaban J connectivity index is 2.04. The SMILES string of the molecule is CCOCCCNC(=O)c1ccc(=O)n(Cc2ccccc2Cl)c1. The van der Waals surface area contributed by atoms with Crippen molar-refractivity contribution in [1.82, 2.24) is 9.88 Å². The van der Waals surface area contributed by atoms with Crippen LogP contribution >= 0.6 is 11.6 Å². The zero-order valence-corrected chi connectivity index (χ0v) is 14.4. The normalized spacial score (nSPS) is 10.6. The van der Waals surface area contributed by atoms with Gasteiger partial charge in [-0.2, -0.15) is 0 Å². The van der Waals surface area contributed by atoms with Gasteiger partial charge in [0, 0.05) is 37.0 Å². The first kappa shape index (κ1) is 18.2. The molecule has 0 aliphatic carbocycles. The molecule has 128 valence electrons. The van der Waals surface area contributed by atoms with E-state index in [4.69, 9.17) is 16.3 Å². The summed E-state index contributed by atoms with van der Waals surface area (Å²) in [7, 11) is 0. The number of benzene rings is 1. The van der Waals surface area contributed by atoms with Crippen molar-refractivity contribution in [2.45, 2.75) is 19.9 Å². The molecule has 0 unspecified atom stereocenters. The van der Waals surface area contributed by atoms with Crippen LogP contribution < -0.4 is 10.9 Å². The largest absolute Gasteiger partial charge is 0.382 e.